The topological polar surface area (TPSA) is 68.9 Å². The first kappa shape index (κ1) is 14.5. The molecule has 110 valence electrons. The molecule has 0 saturated carbocycles. The van der Waals surface area contributed by atoms with Crippen molar-refractivity contribution in [2.75, 3.05) is 13.3 Å². The summed E-state index contributed by atoms with van der Waals surface area (Å²) in [4.78, 5) is 4.32. The average Bonchev–Trinajstić information content (AvgIpc) is 2.92. The maximum absolute atomic E-state index is 5.83. The fourth-order valence-electron chi connectivity index (χ4n) is 2.04. The second-order valence-electron chi connectivity index (χ2n) is 4.88. The van der Waals surface area contributed by atoms with Crippen LogP contribution in [-0.2, 0) is 6.54 Å². The van der Waals surface area contributed by atoms with E-state index in [-0.39, 0.29) is 0 Å². The number of nitrogens with two attached hydrogens (primary N) is 1. The number of ether oxygens (including phenoxy) is 2. The van der Waals surface area contributed by atoms with Crippen LogP contribution in [-0.4, -0.2) is 19.3 Å². The van der Waals surface area contributed by atoms with Gasteiger partial charge in [0.15, 0.2) is 17.5 Å². The molecule has 0 amide bonds. The van der Waals surface area contributed by atoms with Crippen LogP contribution in [0.15, 0.2) is 23.2 Å². The fraction of sp³-hybridized carbons (Fsp3) is 0.533. The molecule has 3 N–H and O–H groups in total. The number of guanidine groups is 1. The van der Waals surface area contributed by atoms with Gasteiger partial charge in [0.25, 0.3) is 0 Å². The summed E-state index contributed by atoms with van der Waals surface area (Å²) in [5.41, 5.74) is 6.89. The van der Waals surface area contributed by atoms with E-state index < -0.39 is 0 Å². The number of aliphatic imine (C=N–C) groups is 1. The third-order valence-corrected chi connectivity index (χ3v) is 3.21. The van der Waals surface area contributed by atoms with Crippen LogP contribution in [0.2, 0.25) is 0 Å². The Kier molecular flexibility index (Phi) is 5.53. The maximum atomic E-state index is 5.83. The molecule has 5 nitrogen and oxygen atoms in total. The molecule has 0 bridgehead atoms. The molecular weight excluding hydrogens is 254 g/mol. The number of hydrogen-bond acceptors (Lipinski definition) is 3. The molecule has 1 aromatic carbocycles. The molecule has 0 radical (unpaired) electrons. The van der Waals surface area contributed by atoms with Crippen molar-refractivity contribution in [1.82, 2.24) is 5.32 Å². The van der Waals surface area contributed by atoms with Crippen LogP contribution < -0.4 is 20.5 Å². The van der Waals surface area contributed by atoms with Crippen molar-refractivity contribution in [3.63, 3.8) is 0 Å². The first-order valence-corrected chi connectivity index (χ1v) is 7.22. The van der Waals surface area contributed by atoms with Gasteiger partial charge in [-0.3, -0.25) is 0 Å². The highest BCUT2D eigenvalue weighted by Crippen LogP contribution is 2.32. The predicted octanol–water partition coefficient (Wildman–Crippen LogP) is 2.40. The van der Waals surface area contributed by atoms with E-state index in [1.807, 2.05) is 18.2 Å². The van der Waals surface area contributed by atoms with Gasteiger partial charge in [0.05, 0.1) is 6.54 Å². The lowest BCUT2D eigenvalue weighted by atomic mass is 10.2. The van der Waals surface area contributed by atoms with Crippen molar-refractivity contribution in [2.45, 2.75) is 39.2 Å². The molecule has 1 aliphatic rings. The van der Waals surface area contributed by atoms with Crippen molar-refractivity contribution >= 4 is 5.96 Å². The van der Waals surface area contributed by atoms with Gasteiger partial charge in [0.2, 0.25) is 6.79 Å². The summed E-state index contributed by atoms with van der Waals surface area (Å²) in [6, 6.07) is 5.83. The SMILES string of the molecule is CCCCCCNC(N)=NCc1ccc2c(c1)OCO2. The van der Waals surface area contributed by atoms with E-state index >= 15 is 0 Å². The zero-order valence-electron chi connectivity index (χ0n) is 12.0. The first-order valence-electron chi connectivity index (χ1n) is 7.22. The Hall–Kier alpha value is -1.91. The summed E-state index contributed by atoms with van der Waals surface area (Å²) in [5, 5.41) is 3.14. The summed E-state index contributed by atoms with van der Waals surface area (Å²) >= 11 is 0. The Morgan fingerprint density at radius 3 is 2.95 bits per heavy atom. The second-order valence-corrected chi connectivity index (χ2v) is 4.88. The molecule has 1 heterocycles. The molecule has 0 aromatic heterocycles. The monoisotopic (exact) mass is 277 g/mol. The Morgan fingerprint density at radius 1 is 1.25 bits per heavy atom. The lowest BCUT2D eigenvalue weighted by Crippen LogP contribution is -2.32. The highest BCUT2D eigenvalue weighted by atomic mass is 16.7. The molecule has 0 atom stereocenters. The molecule has 0 unspecified atom stereocenters. The van der Waals surface area contributed by atoms with Crippen molar-refractivity contribution in [2.24, 2.45) is 10.7 Å². The van der Waals surface area contributed by atoms with Crippen LogP contribution in [0.25, 0.3) is 0 Å². The number of benzene rings is 1. The van der Waals surface area contributed by atoms with Gasteiger partial charge in [-0.15, -0.1) is 0 Å². The van der Waals surface area contributed by atoms with E-state index in [1.54, 1.807) is 0 Å². The zero-order valence-corrected chi connectivity index (χ0v) is 12.0. The highest BCUT2D eigenvalue weighted by Gasteiger charge is 2.12. The van der Waals surface area contributed by atoms with Gasteiger partial charge < -0.3 is 20.5 Å². The van der Waals surface area contributed by atoms with Crippen LogP contribution in [0.4, 0.5) is 0 Å². The van der Waals surface area contributed by atoms with Gasteiger partial charge in [-0.05, 0) is 24.1 Å². The predicted molar refractivity (Wildman–Crippen MR) is 80.0 cm³/mol. The number of rotatable bonds is 7. The van der Waals surface area contributed by atoms with E-state index in [1.165, 1.54) is 19.3 Å². The van der Waals surface area contributed by atoms with Gasteiger partial charge in [-0.1, -0.05) is 32.3 Å². The normalized spacial score (nSPS) is 13.6. The maximum Gasteiger partial charge on any atom is 0.231 e. The van der Waals surface area contributed by atoms with E-state index in [4.69, 9.17) is 15.2 Å². The van der Waals surface area contributed by atoms with Crippen molar-refractivity contribution < 1.29 is 9.47 Å². The number of nitrogens with zero attached hydrogens (tertiary/aromatic N) is 1. The summed E-state index contributed by atoms with van der Waals surface area (Å²) in [5.74, 6) is 2.07. The largest absolute Gasteiger partial charge is 0.454 e. The lowest BCUT2D eigenvalue weighted by molar-refractivity contribution is 0.174. The molecule has 1 aliphatic heterocycles. The second kappa shape index (κ2) is 7.62. The summed E-state index contributed by atoms with van der Waals surface area (Å²) in [7, 11) is 0. The molecule has 5 heteroatoms. The standard InChI is InChI=1S/C15H23N3O2/c1-2-3-4-5-8-17-15(16)18-10-12-6-7-13-14(9-12)20-11-19-13/h6-7,9H,2-5,8,10-11H2,1H3,(H3,16,17,18). The van der Waals surface area contributed by atoms with Gasteiger partial charge in [-0.2, -0.15) is 0 Å². The van der Waals surface area contributed by atoms with E-state index in [9.17, 15) is 0 Å². The van der Waals surface area contributed by atoms with Gasteiger partial charge in [-0.25, -0.2) is 4.99 Å². The number of nitrogens with one attached hydrogen (secondary N) is 1. The minimum atomic E-state index is 0.295. The van der Waals surface area contributed by atoms with Gasteiger partial charge >= 0.3 is 0 Å². The van der Waals surface area contributed by atoms with Crippen LogP contribution in [0.1, 0.15) is 38.2 Å². The van der Waals surface area contributed by atoms with Crippen LogP contribution >= 0.6 is 0 Å². The van der Waals surface area contributed by atoms with E-state index in [0.717, 1.165) is 30.0 Å². The minimum Gasteiger partial charge on any atom is -0.454 e. The zero-order chi connectivity index (χ0) is 14.2. The first-order chi connectivity index (χ1) is 9.79. The molecule has 0 spiro atoms. The Morgan fingerprint density at radius 2 is 2.10 bits per heavy atom. The van der Waals surface area contributed by atoms with Crippen LogP contribution in [0.3, 0.4) is 0 Å². The quantitative estimate of drug-likeness (QED) is 0.456. The molecule has 1 aromatic rings. The Bertz CT molecular complexity index is 460. The van der Waals surface area contributed by atoms with Crippen LogP contribution in [0, 0.1) is 0 Å². The summed E-state index contributed by atoms with van der Waals surface area (Å²) < 4.78 is 10.6. The lowest BCUT2D eigenvalue weighted by Gasteiger charge is -2.05. The van der Waals surface area contributed by atoms with Gasteiger partial charge in [0.1, 0.15) is 0 Å². The Balaban J connectivity index is 1.74. The molecule has 0 fully saturated rings. The molecule has 2 rings (SSSR count). The van der Waals surface area contributed by atoms with Crippen molar-refractivity contribution in [3.05, 3.63) is 23.8 Å². The van der Waals surface area contributed by atoms with Crippen molar-refractivity contribution in [1.29, 1.82) is 0 Å². The van der Waals surface area contributed by atoms with E-state index in [2.05, 4.69) is 17.2 Å². The summed E-state index contributed by atoms with van der Waals surface area (Å²) in [6.45, 7) is 3.93. The summed E-state index contributed by atoms with van der Waals surface area (Å²) in [6.07, 6.45) is 4.89. The average molecular weight is 277 g/mol. The molecule has 20 heavy (non-hydrogen) atoms. The van der Waals surface area contributed by atoms with E-state index in [0.29, 0.717) is 19.3 Å². The number of hydrogen-bond donors (Lipinski definition) is 2. The number of unbranched alkanes of at least 4 members (excludes halogenated alkanes) is 3. The van der Waals surface area contributed by atoms with Crippen molar-refractivity contribution in [3.8, 4) is 11.5 Å². The smallest absolute Gasteiger partial charge is 0.231 e. The molecular formula is C15H23N3O2. The highest BCUT2D eigenvalue weighted by molar-refractivity contribution is 5.77. The molecule has 0 saturated heterocycles. The minimum absolute atomic E-state index is 0.295. The number of fused-ring (bicyclic) bond motifs is 1. The Labute approximate surface area is 120 Å². The third kappa shape index (κ3) is 4.33. The van der Waals surface area contributed by atoms with Gasteiger partial charge in [0, 0.05) is 6.54 Å². The fourth-order valence-corrected chi connectivity index (χ4v) is 2.04. The molecule has 0 aliphatic carbocycles. The van der Waals surface area contributed by atoms with Crippen LogP contribution in [0.5, 0.6) is 11.5 Å². The third-order valence-electron chi connectivity index (χ3n) is 3.21.